The van der Waals surface area contributed by atoms with Gasteiger partial charge in [-0.3, -0.25) is 9.80 Å². The average molecular weight is 432 g/mol. The Hall–Kier alpha value is -2.24. The number of fused-ring (bicyclic) bond motifs is 1. The first kappa shape index (κ1) is 17.8. The third-order valence-electron chi connectivity index (χ3n) is 4.96. The fraction of sp³-hybridized carbons (Fsp3) is 0.0952. The second-order valence-electron chi connectivity index (χ2n) is 6.62. The Morgan fingerprint density at radius 1 is 0.786 bits per heavy atom. The second kappa shape index (κ2) is 6.39. The molecule has 0 saturated carbocycles. The van der Waals surface area contributed by atoms with Gasteiger partial charge >= 0.3 is 6.03 Å². The maximum atomic E-state index is 13.5. The molecule has 7 heteroatoms. The number of epoxide rings is 1. The number of carbonyl (C=O) groups is 1. The summed E-state index contributed by atoms with van der Waals surface area (Å²) in [6, 6.07) is 21.4. The van der Waals surface area contributed by atoms with E-state index < -0.39 is 12.0 Å². The summed E-state index contributed by atoms with van der Waals surface area (Å²) >= 11 is 18.3. The van der Waals surface area contributed by atoms with E-state index in [2.05, 4.69) is 0 Å². The van der Waals surface area contributed by atoms with Crippen LogP contribution in [0.4, 0.5) is 16.2 Å². The molecule has 0 radical (unpaired) electrons. The third kappa shape index (κ3) is 2.60. The molecule has 2 aliphatic rings. The van der Waals surface area contributed by atoms with Crippen LogP contribution in [-0.2, 0) is 10.5 Å². The van der Waals surface area contributed by atoms with Crippen molar-refractivity contribution >= 4 is 52.2 Å². The molecule has 0 aromatic heterocycles. The van der Waals surface area contributed by atoms with Gasteiger partial charge < -0.3 is 4.74 Å². The molecule has 2 heterocycles. The summed E-state index contributed by atoms with van der Waals surface area (Å²) in [5.74, 6) is 0. The monoisotopic (exact) mass is 430 g/mol. The van der Waals surface area contributed by atoms with E-state index in [-0.39, 0.29) is 6.03 Å². The van der Waals surface area contributed by atoms with Crippen LogP contribution in [-0.4, -0.2) is 12.3 Å². The lowest BCUT2D eigenvalue weighted by Gasteiger charge is -2.27. The van der Waals surface area contributed by atoms with Gasteiger partial charge in [0.1, 0.15) is 0 Å². The molecule has 4 nitrogen and oxygen atoms in total. The number of hydrogen-bond donors (Lipinski definition) is 0. The van der Waals surface area contributed by atoms with Crippen molar-refractivity contribution in [3.63, 3.8) is 0 Å². The minimum atomic E-state index is -0.949. The van der Waals surface area contributed by atoms with Crippen molar-refractivity contribution < 1.29 is 9.53 Å². The summed E-state index contributed by atoms with van der Waals surface area (Å²) in [7, 11) is 0. The van der Waals surface area contributed by atoms with Gasteiger partial charge in [0.15, 0.2) is 6.23 Å². The number of carbonyl (C=O) groups excluding carboxylic acids is 1. The zero-order valence-electron chi connectivity index (χ0n) is 14.4. The highest BCUT2D eigenvalue weighted by atomic mass is 35.5. The van der Waals surface area contributed by atoms with E-state index in [1.807, 2.05) is 18.2 Å². The molecule has 140 valence electrons. The number of rotatable bonds is 3. The molecule has 0 bridgehead atoms. The Morgan fingerprint density at radius 3 is 2.00 bits per heavy atom. The molecule has 0 N–H and O–H groups in total. The van der Waals surface area contributed by atoms with Crippen LogP contribution in [0.1, 0.15) is 5.56 Å². The summed E-state index contributed by atoms with van der Waals surface area (Å²) < 4.78 is 6.15. The second-order valence-corrected chi connectivity index (χ2v) is 7.93. The molecule has 2 fully saturated rings. The lowest BCUT2D eigenvalue weighted by atomic mass is 10.0. The normalized spacial score (nSPS) is 23.1. The van der Waals surface area contributed by atoms with Gasteiger partial charge in [-0.2, -0.15) is 0 Å². The maximum Gasteiger partial charge on any atom is 0.334 e. The molecule has 3 aromatic rings. The van der Waals surface area contributed by atoms with Gasteiger partial charge in [0.05, 0.1) is 0 Å². The van der Waals surface area contributed by atoms with E-state index in [1.165, 1.54) is 0 Å². The van der Waals surface area contributed by atoms with Gasteiger partial charge in [0.25, 0.3) is 0 Å². The number of benzene rings is 3. The Labute approximate surface area is 176 Å². The van der Waals surface area contributed by atoms with Gasteiger partial charge in [-0.05, 0) is 60.7 Å². The zero-order valence-corrected chi connectivity index (χ0v) is 16.6. The molecule has 2 unspecified atom stereocenters. The van der Waals surface area contributed by atoms with Gasteiger partial charge in [0.2, 0.25) is 5.72 Å². The minimum Gasteiger partial charge on any atom is -0.317 e. The summed E-state index contributed by atoms with van der Waals surface area (Å²) in [5, 5.41) is 1.77. The number of hydrogen-bond acceptors (Lipinski definition) is 2. The molecular formula is C21H13Cl3N2O2. The van der Waals surface area contributed by atoms with E-state index in [9.17, 15) is 4.79 Å². The number of urea groups is 1. The molecule has 28 heavy (non-hydrogen) atoms. The van der Waals surface area contributed by atoms with Crippen LogP contribution in [0.25, 0.3) is 0 Å². The third-order valence-corrected chi connectivity index (χ3v) is 5.70. The molecular weight excluding hydrogens is 419 g/mol. The number of nitrogens with zero attached hydrogens (tertiary/aromatic N) is 2. The highest BCUT2D eigenvalue weighted by molar-refractivity contribution is 6.31. The summed E-state index contributed by atoms with van der Waals surface area (Å²) in [4.78, 5) is 16.7. The summed E-state index contributed by atoms with van der Waals surface area (Å²) in [6.45, 7) is 0. The fourth-order valence-corrected chi connectivity index (χ4v) is 4.11. The van der Waals surface area contributed by atoms with Crippen LogP contribution < -0.4 is 9.80 Å². The number of halogens is 3. The van der Waals surface area contributed by atoms with Crippen molar-refractivity contribution in [3.8, 4) is 0 Å². The topological polar surface area (TPSA) is 36.1 Å². The number of amides is 2. The fourth-order valence-electron chi connectivity index (χ4n) is 3.67. The van der Waals surface area contributed by atoms with Crippen LogP contribution in [0, 0.1) is 0 Å². The van der Waals surface area contributed by atoms with Crippen molar-refractivity contribution in [1.82, 2.24) is 0 Å². The van der Waals surface area contributed by atoms with Crippen molar-refractivity contribution in [2.45, 2.75) is 12.0 Å². The van der Waals surface area contributed by atoms with Crippen LogP contribution in [0.2, 0.25) is 15.1 Å². The first-order chi connectivity index (χ1) is 13.5. The Morgan fingerprint density at radius 2 is 1.39 bits per heavy atom. The molecule has 5 rings (SSSR count). The van der Waals surface area contributed by atoms with E-state index in [0.717, 1.165) is 5.56 Å². The van der Waals surface area contributed by atoms with E-state index >= 15 is 0 Å². The standard InChI is InChI=1S/C21H13Cl3N2O2/c22-14-4-8-17(9-5-14)25-19-21(28-19,13-2-1-3-16(24)12-13)26(20(25)27)18-10-6-15(23)7-11-18/h1-12,19H. The Kier molecular flexibility index (Phi) is 4.07. The Balaban J connectivity index is 1.65. The molecule has 2 atom stereocenters. The smallest absolute Gasteiger partial charge is 0.317 e. The molecule has 3 aromatic carbocycles. The highest BCUT2D eigenvalue weighted by Crippen LogP contribution is 2.58. The maximum absolute atomic E-state index is 13.5. The van der Waals surface area contributed by atoms with Crippen molar-refractivity contribution in [2.24, 2.45) is 0 Å². The van der Waals surface area contributed by atoms with Gasteiger partial charge in [0, 0.05) is 32.0 Å². The predicted molar refractivity (Wildman–Crippen MR) is 111 cm³/mol. The lowest BCUT2D eigenvalue weighted by molar-refractivity contribution is 0.224. The quantitative estimate of drug-likeness (QED) is 0.456. The minimum absolute atomic E-state index is 0.194. The molecule has 2 aliphatic heterocycles. The first-order valence-corrected chi connectivity index (χ1v) is 9.72. The number of ether oxygens (including phenoxy) is 1. The average Bonchev–Trinajstić information content (AvgIpc) is 3.35. The van der Waals surface area contributed by atoms with Crippen molar-refractivity contribution in [3.05, 3.63) is 93.4 Å². The molecule has 2 saturated heterocycles. The van der Waals surface area contributed by atoms with Gasteiger partial charge in [-0.15, -0.1) is 0 Å². The summed E-state index contributed by atoms with van der Waals surface area (Å²) in [5.41, 5.74) is 1.26. The zero-order chi connectivity index (χ0) is 19.5. The van der Waals surface area contributed by atoms with Crippen LogP contribution >= 0.6 is 34.8 Å². The van der Waals surface area contributed by atoms with E-state index in [1.54, 1.807) is 64.4 Å². The van der Waals surface area contributed by atoms with Crippen LogP contribution in [0.3, 0.4) is 0 Å². The predicted octanol–water partition coefficient (Wildman–Crippen LogP) is 6.30. The number of anilines is 2. The molecule has 2 amide bonds. The largest absolute Gasteiger partial charge is 0.334 e. The Bertz CT molecular complexity index is 1070. The lowest BCUT2D eigenvalue weighted by Crippen LogP contribution is -2.40. The molecule has 0 spiro atoms. The van der Waals surface area contributed by atoms with E-state index in [4.69, 9.17) is 39.5 Å². The first-order valence-electron chi connectivity index (χ1n) is 8.59. The summed E-state index contributed by atoms with van der Waals surface area (Å²) in [6.07, 6.45) is -0.477. The van der Waals surface area contributed by atoms with Crippen LogP contribution in [0.5, 0.6) is 0 Å². The highest BCUT2D eigenvalue weighted by Gasteiger charge is 2.74. The van der Waals surface area contributed by atoms with E-state index in [0.29, 0.717) is 26.4 Å². The van der Waals surface area contributed by atoms with Crippen molar-refractivity contribution in [1.29, 1.82) is 0 Å². The van der Waals surface area contributed by atoms with Gasteiger partial charge in [-0.25, -0.2) is 4.79 Å². The molecule has 0 aliphatic carbocycles. The van der Waals surface area contributed by atoms with Crippen molar-refractivity contribution in [2.75, 3.05) is 9.80 Å². The van der Waals surface area contributed by atoms with Gasteiger partial charge in [-0.1, -0.05) is 46.9 Å². The SMILES string of the molecule is O=C1N(c2ccc(Cl)cc2)C2OC2(c2cccc(Cl)c2)N1c1ccc(Cl)cc1. The van der Waals surface area contributed by atoms with Crippen LogP contribution in [0.15, 0.2) is 72.8 Å².